The molecule has 1 aromatic carbocycles. The molecule has 3 nitrogen and oxygen atoms in total. The van der Waals surface area contributed by atoms with Crippen LogP contribution in [0.5, 0.6) is 0 Å². The van der Waals surface area contributed by atoms with Crippen molar-refractivity contribution in [2.45, 2.75) is 12.6 Å². The maximum atomic E-state index is 12.8. The molecule has 0 radical (unpaired) electrons. The van der Waals surface area contributed by atoms with Crippen molar-refractivity contribution in [1.82, 2.24) is 4.90 Å². The van der Waals surface area contributed by atoms with Crippen LogP contribution in [0, 0.1) is 17.1 Å². The van der Waals surface area contributed by atoms with Crippen LogP contribution in [0.1, 0.15) is 11.1 Å². The second-order valence-corrected chi connectivity index (χ2v) is 3.87. The van der Waals surface area contributed by atoms with Crippen molar-refractivity contribution in [3.63, 3.8) is 0 Å². The minimum absolute atomic E-state index is 0.246. The van der Waals surface area contributed by atoms with Crippen molar-refractivity contribution in [2.75, 3.05) is 13.1 Å². The van der Waals surface area contributed by atoms with Crippen LogP contribution in [0.2, 0.25) is 0 Å². The SMILES string of the molecule is N#Cc1cc(F)ccc1CN1CC(N)C1. The summed E-state index contributed by atoms with van der Waals surface area (Å²) in [7, 11) is 0. The van der Waals surface area contributed by atoms with Gasteiger partial charge in [-0.1, -0.05) is 6.07 Å². The summed E-state index contributed by atoms with van der Waals surface area (Å²) in [6.45, 7) is 2.38. The van der Waals surface area contributed by atoms with E-state index in [4.69, 9.17) is 11.0 Å². The summed E-state index contributed by atoms with van der Waals surface area (Å²) in [6, 6.07) is 6.57. The molecule has 78 valence electrons. The average molecular weight is 205 g/mol. The highest BCUT2D eigenvalue weighted by molar-refractivity contribution is 5.37. The largest absolute Gasteiger partial charge is 0.325 e. The number of nitrogens with two attached hydrogens (primary N) is 1. The summed E-state index contributed by atoms with van der Waals surface area (Å²) in [6.07, 6.45) is 0. The minimum atomic E-state index is -0.365. The van der Waals surface area contributed by atoms with E-state index >= 15 is 0 Å². The maximum absolute atomic E-state index is 12.8. The Morgan fingerprint density at radius 2 is 2.27 bits per heavy atom. The highest BCUT2D eigenvalue weighted by Gasteiger charge is 2.23. The molecule has 4 heteroatoms. The third kappa shape index (κ3) is 2.14. The molecule has 0 aliphatic carbocycles. The van der Waals surface area contributed by atoms with Gasteiger partial charge >= 0.3 is 0 Å². The molecule has 1 aliphatic rings. The number of likely N-dealkylation sites (tertiary alicyclic amines) is 1. The number of benzene rings is 1. The van der Waals surface area contributed by atoms with Crippen molar-refractivity contribution in [3.05, 3.63) is 35.1 Å². The molecule has 2 rings (SSSR count). The fourth-order valence-electron chi connectivity index (χ4n) is 1.77. The first kappa shape index (κ1) is 10.1. The van der Waals surface area contributed by atoms with E-state index in [0.717, 1.165) is 18.7 Å². The van der Waals surface area contributed by atoms with Gasteiger partial charge in [-0.25, -0.2) is 4.39 Å². The normalized spacial score (nSPS) is 17.1. The average Bonchev–Trinajstić information content (AvgIpc) is 2.18. The topological polar surface area (TPSA) is 53.0 Å². The summed E-state index contributed by atoms with van der Waals surface area (Å²) >= 11 is 0. The monoisotopic (exact) mass is 205 g/mol. The van der Waals surface area contributed by atoms with Crippen molar-refractivity contribution in [2.24, 2.45) is 5.73 Å². The van der Waals surface area contributed by atoms with E-state index in [1.54, 1.807) is 6.07 Å². The van der Waals surface area contributed by atoms with Gasteiger partial charge in [0.15, 0.2) is 0 Å². The van der Waals surface area contributed by atoms with Gasteiger partial charge in [0.05, 0.1) is 11.6 Å². The summed E-state index contributed by atoms with van der Waals surface area (Å²) in [4.78, 5) is 2.14. The molecule has 1 saturated heterocycles. The Kier molecular flexibility index (Phi) is 2.67. The Labute approximate surface area is 87.9 Å². The third-order valence-corrected chi connectivity index (χ3v) is 2.57. The van der Waals surface area contributed by atoms with Crippen LogP contribution in [0.15, 0.2) is 18.2 Å². The lowest BCUT2D eigenvalue weighted by Crippen LogP contribution is -2.54. The lowest BCUT2D eigenvalue weighted by atomic mass is 10.0. The van der Waals surface area contributed by atoms with E-state index in [0.29, 0.717) is 12.1 Å². The van der Waals surface area contributed by atoms with Gasteiger partial charge < -0.3 is 5.73 Å². The zero-order valence-electron chi connectivity index (χ0n) is 8.28. The molecule has 2 N–H and O–H groups in total. The van der Waals surface area contributed by atoms with Crippen LogP contribution < -0.4 is 5.73 Å². The van der Waals surface area contributed by atoms with Gasteiger partial charge in [-0.3, -0.25) is 4.90 Å². The fourth-order valence-corrected chi connectivity index (χ4v) is 1.77. The van der Waals surface area contributed by atoms with Gasteiger partial charge in [0.1, 0.15) is 5.82 Å². The number of rotatable bonds is 2. The summed E-state index contributed by atoms with van der Waals surface area (Å²) in [5.74, 6) is -0.365. The Hall–Kier alpha value is -1.44. The summed E-state index contributed by atoms with van der Waals surface area (Å²) in [5, 5.41) is 8.84. The molecule has 1 aliphatic heterocycles. The molecule has 1 heterocycles. The van der Waals surface area contributed by atoms with E-state index < -0.39 is 0 Å². The predicted octanol–water partition coefficient (Wildman–Crippen LogP) is 0.840. The van der Waals surface area contributed by atoms with Crippen LogP contribution >= 0.6 is 0 Å². The molecule has 1 fully saturated rings. The van der Waals surface area contributed by atoms with Gasteiger partial charge in [-0.2, -0.15) is 5.26 Å². The molecule has 0 spiro atoms. The second-order valence-electron chi connectivity index (χ2n) is 3.87. The molecule has 15 heavy (non-hydrogen) atoms. The van der Waals surface area contributed by atoms with Crippen molar-refractivity contribution in [3.8, 4) is 6.07 Å². The molecule has 0 aromatic heterocycles. The van der Waals surface area contributed by atoms with Crippen LogP contribution in [0.4, 0.5) is 4.39 Å². The van der Waals surface area contributed by atoms with Gasteiger partial charge in [-0.05, 0) is 17.7 Å². The molecular weight excluding hydrogens is 193 g/mol. The van der Waals surface area contributed by atoms with Gasteiger partial charge in [0.2, 0.25) is 0 Å². The standard InChI is InChI=1S/C11H12FN3/c12-10-2-1-8(9(3-10)4-13)5-15-6-11(14)7-15/h1-3,11H,5-7,14H2. The van der Waals surface area contributed by atoms with Crippen molar-refractivity contribution in [1.29, 1.82) is 5.26 Å². The maximum Gasteiger partial charge on any atom is 0.124 e. The summed E-state index contributed by atoms with van der Waals surface area (Å²) < 4.78 is 12.8. The lowest BCUT2D eigenvalue weighted by molar-refractivity contribution is 0.142. The second kappa shape index (κ2) is 3.97. The van der Waals surface area contributed by atoms with Gasteiger partial charge in [-0.15, -0.1) is 0 Å². The van der Waals surface area contributed by atoms with Gasteiger partial charge in [0, 0.05) is 25.7 Å². The fraction of sp³-hybridized carbons (Fsp3) is 0.364. The quantitative estimate of drug-likeness (QED) is 0.778. The van der Waals surface area contributed by atoms with E-state index in [2.05, 4.69) is 4.90 Å². The lowest BCUT2D eigenvalue weighted by Gasteiger charge is -2.36. The van der Waals surface area contributed by atoms with Crippen LogP contribution in [0.25, 0.3) is 0 Å². The van der Waals surface area contributed by atoms with Crippen molar-refractivity contribution < 1.29 is 4.39 Å². The first-order valence-corrected chi connectivity index (χ1v) is 4.85. The number of hydrogen-bond donors (Lipinski definition) is 1. The molecule has 0 atom stereocenters. The highest BCUT2D eigenvalue weighted by atomic mass is 19.1. The molecule has 0 unspecified atom stereocenters. The van der Waals surface area contributed by atoms with E-state index in [1.807, 2.05) is 6.07 Å². The van der Waals surface area contributed by atoms with Crippen LogP contribution in [-0.4, -0.2) is 24.0 Å². The zero-order chi connectivity index (χ0) is 10.8. The van der Waals surface area contributed by atoms with E-state index in [9.17, 15) is 4.39 Å². The number of hydrogen-bond acceptors (Lipinski definition) is 3. The number of nitrogens with zero attached hydrogens (tertiary/aromatic N) is 2. The molecule has 1 aromatic rings. The smallest absolute Gasteiger partial charge is 0.124 e. The Balaban J connectivity index is 2.11. The molecule has 0 amide bonds. The van der Waals surface area contributed by atoms with Crippen LogP contribution in [-0.2, 0) is 6.54 Å². The molecule has 0 saturated carbocycles. The van der Waals surface area contributed by atoms with E-state index in [-0.39, 0.29) is 11.9 Å². The first-order valence-electron chi connectivity index (χ1n) is 4.85. The molecule has 0 bridgehead atoms. The minimum Gasteiger partial charge on any atom is -0.325 e. The highest BCUT2D eigenvalue weighted by Crippen LogP contribution is 2.16. The van der Waals surface area contributed by atoms with E-state index in [1.165, 1.54) is 12.1 Å². The Bertz CT molecular complexity index is 405. The van der Waals surface area contributed by atoms with Gasteiger partial charge in [0.25, 0.3) is 0 Å². The number of nitriles is 1. The third-order valence-electron chi connectivity index (χ3n) is 2.57. The molecular formula is C11H12FN3. The zero-order valence-corrected chi connectivity index (χ0v) is 8.28. The number of halogens is 1. The first-order chi connectivity index (χ1) is 7.19. The summed E-state index contributed by atoms with van der Waals surface area (Å²) in [5.41, 5.74) is 6.93. The predicted molar refractivity (Wildman–Crippen MR) is 54.4 cm³/mol. The van der Waals surface area contributed by atoms with Crippen molar-refractivity contribution >= 4 is 0 Å². The van der Waals surface area contributed by atoms with Crippen LogP contribution in [0.3, 0.4) is 0 Å². The Morgan fingerprint density at radius 3 is 2.87 bits per heavy atom. The Morgan fingerprint density at radius 1 is 1.53 bits per heavy atom.